The third kappa shape index (κ3) is 18.1. The molecule has 9 rings (SSSR count). The van der Waals surface area contributed by atoms with Crippen LogP contribution in [0.4, 0.5) is 28.9 Å². The summed E-state index contributed by atoms with van der Waals surface area (Å²) in [7, 11) is 4.61. The van der Waals surface area contributed by atoms with Gasteiger partial charge in [0.25, 0.3) is 22.9 Å². The van der Waals surface area contributed by atoms with Crippen LogP contribution >= 0.6 is 0 Å². The summed E-state index contributed by atoms with van der Waals surface area (Å²) in [4.78, 5) is 77.3. The van der Waals surface area contributed by atoms with E-state index in [0.29, 0.717) is 33.2 Å². The molecule has 0 unspecified atom stereocenters. The van der Waals surface area contributed by atoms with Gasteiger partial charge in [-0.25, -0.2) is 27.2 Å². The average Bonchev–Trinajstić information content (AvgIpc) is 0.788. The third-order valence-electron chi connectivity index (χ3n) is 16.0. The molecule has 0 radical (unpaired) electrons. The standard InChI is InChI=1S/C33H35F2N3O4.C32H33F2N3O4.C4H8O.2CH4.Li.H2O/c1-7-19(3)36-22-16-26(34)30(27(35)17-22)31(39)37-28(33(41)42-6)15-21-12-13-25(24-11-9-8-10-23(21)24)29-18(2)14-20(4)38(5)32(29)40;1-6-18(3)35-21-15-25(33)29(26(34)16-21)30(38)36-27(32(40)41)14-20-11-12-24(23-10-8-7-9-22(20)23)28-17(2)13-19(4)37(5)31(28)39;1-2-4-5-3-1;;;;/h8-14,16-17,19,28,36H,7,15H2,1-6H3,(H,37,39);7-13,15-16,18,27,35H,6,14H2,1-5H3,(H,36,38)(H,40,41);1-4H2;2*1H4;;1H2/q;;;;;+1;/p-1/t19-,28-;18-,27-;;;;;/m00...../s1. The van der Waals surface area contributed by atoms with Crippen LogP contribution in [0.25, 0.3) is 43.8 Å². The number of aryl methyl sites for hydroxylation is 4. The summed E-state index contributed by atoms with van der Waals surface area (Å²) in [5.74, 6) is -8.65. The van der Waals surface area contributed by atoms with E-state index in [2.05, 4.69) is 21.3 Å². The van der Waals surface area contributed by atoms with Crippen molar-refractivity contribution in [1.82, 2.24) is 19.8 Å². The summed E-state index contributed by atoms with van der Waals surface area (Å²) in [6, 6.07) is 27.1. The maximum atomic E-state index is 14.9. The number of rotatable bonds is 18. The first-order chi connectivity index (χ1) is 41.9. The van der Waals surface area contributed by atoms with Gasteiger partial charge in [0.2, 0.25) is 0 Å². The summed E-state index contributed by atoms with van der Waals surface area (Å²) < 4.78 is 72.5. The molecule has 21 heteroatoms. The van der Waals surface area contributed by atoms with Crippen molar-refractivity contribution in [1.29, 1.82) is 0 Å². The fourth-order valence-corrected chi connectivity index (χ4v) is 10.6. The molecule has 0 aliphatic carbocycles. The number of aromatic nitrogens is 2. The van der Waals surface area contributed by atoms with E-state index in [9.17, 15) is 51.4 Å². The molecule has 8 aromatic rings. The van der Waals surface area contributed by atoms with Crippen molar-refractivity contribution in [3.8, 4) is 22.3 Å². The Hall–Kier alpha value is -8.54. The molecule has 6 aromatic carbocycles. The van der Waals surface area contributed by atoms with E-state index in [0.717, 1.165) is 94.6 Å². The van der Waals surface area contributed by atoms with Gasteiger partial charge in [-0.05, 0) is 159 Å². The number of amides is 2. The van der Waals surface area contributed by atoms with Gasteiger partial charge in [-0.2, -0.15) is 0 Å². The summed E-state index contributed by atoms with van der Waals surface area (Å²) >= 11 is 0. The molecule has 3 heterocycles. The number of nitrogens with zero attached hydrogens (tertiary/aromatic N) is 2. The van der Waals surface area contributed by atoms with Crippen molar-refractivity contribution in [3.63, 3.8) is 0 Å². The molecule has 0 spiro atoms. The van der Waals surface area contributed by atoms with E-state index in [-0.39, 0.29) is 86.6 Å². The number of hydrogen-bond acceptors (Lipinski definition) is 11. The molecule has 1 saturated heterocycles. The second-order valence-electron chi connectivity index (χ2n) is 22.2. The van der Waals surface area contributed by atoms with Crippen LogP contribution in [0, 0.1) is 51.0 Å². The van der Waals surface area contributed by atoms with E-state index in [4.69, 9.17) is 9.47 Å². The predicted octanol–water partition coefficient (Wildman–Crippen LogP) is 10.5. The molecule has 16 nitrogen and oxygen atoms in total. The number of benzene rings is 6. The first kappa shape index (κ1) is 77.7. The zero-order chi connectivity index (χ0) is 64.3. The molecule has 6 N–H and O–H groups in total. The number of nitrogens with one attached hydrogen (secondary N) is 4. The van der Waals surface area contributed by atoms with Gasteiger partial charge in [-0.15, -0.1) is 0 Å². The maximum absolute atomic E-state index is 14.9. The Balaban J connectivity index is 0.000000428. The fourth-order valence-electron chi connectivity index (χ4n) is 10.6. The van der Waals surface area contributed by atoms with E-state index >= 15 is 0 Å². The number of anilines is 2. The van der Waals surface area contributed by atoms with E-state index < -0.39 is 70.2 Å². The molecular weight excluding hydrogens is 1180 g/mol. The normalized spacial score (nSPS) is 12.7. The topological polar surface area (TPSA) is 229 Å². The summed E-state index contributed by atoms with van der Waals surface area (Å²) in [5, 5.41) is 23.6. The van der Waals surface area contributed by atoms with Crippen LogP contribution in [0.2, 0.25) is 0 Å². The van der Waals surface area contributed by atoms with Crippen LogP contribution in [-0.4, -0.2) is 88.0 Å². The van der Waals surface area contributed by atoms with Crippen molar-refractivity contribution in [2.24, 2.45) is 14.1 Å². The molecule has 1 aliphatic rings. The summed E-state index contributed by atoms with van der Waals surface area (Å²) in [5.41, 5.74) is 5.63. The first-order valence-corrected chi connectivity index (χ1v) is 29.3. The number of aliphatic carboxylic acids is 1. The number of carbonyl (C=O) groups is 4. The number of carboxylic acid groups (broad SMARTS) is 1. The van der Waals surface area contributed by atoms with E-state index in [1.165, 1.54) is 20.0 Å². The molecule has 0 saturated carbocycles. The third-order valence-corrected chi connectivity index (χ3v) is 16.0. The number of methoxy groups -OCH3 is 1. The maximum Gasteiger partial charge on any atom is 1.00 e. The molecule has 92 heavy (non-hydrogen) atoms. The van der Waals surface area contributed by atoms with Crippen molar-refractivity contribution in [2.45, 2.75) is 133 Å². The second-order valence-corrected chi connectivity index (χ2v) is 22.2. The predicted molar refractivity (Wildman–Crippen MR) is 353 cm³/mol. The van der Waals surface area contributed by atoms with Gasteiger partial charge in [0.1, 0.15) is 46.5 Å². The van der Waals surface area contributed by atoms with Crippen molar-refractivity contribution in [2.75, 3.05) is 31.0 Å². The Bertz CT molecular complexity index is 4000. The fraction of sp³-hybridized carbons (Fsp3) is 0.352. The van der Waals surface area contributed by atoms with E-state index in [1.54, 1.807) is 47.5 Å². The molecule has 2 amide bonds. The summed E-state index contributed by atoms with van der Waals surface area (Å²) in [6.07, 6.45) is 3.86. The number of fused-ring (bicyclic) bond motifs is 2. The Morgan fingerprint density at radius 2 is 0.924 bits per heavy atom. The minimum absolute atomic E-state index is 0. The number of ether oxygens (including phenoxy) is 2. The van der Waals surface area contributed by atoms with Crippen LogP contribution < -0.4 is 51.2 Å². The molecule has 2 aromatic heterocycles. The minimum atomic E-state index is -1.47. The molecule has 1 aliphatic heterocycles. The average molecular weight is 1270 g/mol. The minimum Gasteiger partial charge on any atom is -0.870 e. The molecule has 1 fully saturated rings. The smallest absolute Gasteiger partial charge is 0.870 e. The Morgan fingerprint density at radius 3 is 1.25 bits per heavy atom. The molecule has 0 bridgehead atoms. The molecular formula is C71H85F4LiN6O10. The molecule has 4 atom stereocenters. The van der Waals surface area contributed by atoms with Crippen LogP contribution in [-0.2, 0) is 46.0 Å². The van der Waals surface area contributed by atoms with Gasteiger partial charge in [-0.1, -0.05) is 101 Å². The van der Waals surface area contributed by atoms with Gasteiger partial charge < -0.3 is 50.5 Å². The van der Waals surface area contributed by atoms with Gasteiger partial charge in [-0.3, -0.25) is 19.2 Å². The van der Waals surface area contributed by atoms with Crippen molar-refractivity contribution in [3.05, 3.63) is 198 Å². The zero-order valence-corrected chi connectivity index (χ0v) is 52.9. The summed E-state index contributed by atoms with van der Waals surface area (Å²) in [6.45, 7) is 17.1. The monoisotopic (exact) mass is 1260 g/mol. The van der Waals surface area contributed by atoms with Gasteiger partial charge in [0.15, 0.2) is 0 Å². The SMILES string of the molecule is C.C.C1CCOC1.CC[C@H](C)Nc1cc(F)c(C(=O)N[C@@H](Cc2ccc(-c3c(C)cc(C)n(C)c3=O)c3ccccc23)C(=O)O)c(F)c1.CC[C@H](C)Nc1cc(F)c(C(=O)N[C@@H](Cc2ccc(-c3c(C)cc(C)n(C)c3=O)c3ccccc23)C(=O)OC)c(F)c1.[Li+].[OH-]. The van der Waals surface area contributed by atoms with Crippen LogP contribution in [0.1, 0.15) is 123 Å². The Labute approximate surface area is 547 Å². The van der Waals surface area contributed by atoms with Crippen molar-refractivity contribution < 1.29 is 75.7 Å². The second kappa shape index (κ2) is 34.8. The number of esters is 1. The van der Waals surface area contributed by atoms with E-state index in [1.807, 2.05) is 116 Å². The van der Waals surface area contributed by atoms with Gasteiger partial charge >= 0.3 is 30.8 Å². The number of pyridine rings is 2. The zero-order valence-electron chi connectivity index (χ0n) is 52.9. The van der Waals surface area contributed by atoms with Crippen LogP contribution in [0.15, 0.2) is 119 Å². The van der Waals surface area contributed by atoms with Gasteiger partial charge in [0, 0.05) is 75.0 Å². The number of hydrogen-bond donors (Lipinski definition) is 5. The Morgan fingerprint density at radius 1 is 0.576 bits per heavy atom. The van der Waals surface area contributed by atoms with Gasteiger partial charge in [0.05, 0.1) is 18.2 Å². The number of carbonyl (C=O) groups excluding carboxylic acids is 3. The van der Waals surface area contributed by atoms with Crippen LogP contribution in [0.3, 0.4) is 0 Å². The van der Waals surface area contributed by atoms with Crippen LogP contribution in [0.5, 0.6) is 0 Å². The van der Waals surface area contributed by atoms with Crippen molar-refractivity contribution >= 4 is 56.7 Å². The largest absolute Gasteiger partial charge is 1.00 e. The number of carboxylic acids is 1. The molecule has 488 valence electrons. The quantitative estimate of drug-likeness (QED) is 0.0307. The first-order valence-electron chi connectivity index (χ1n) is 29.3. The Kier molecular flexibility index (Phi) is 29.4. The number of halogens is 4.